The lowest BCUT2D eigenvalue weighted by Gasteiger charge is -2.20. The molecule has 22 heavy (non-hydrogen) atoms. The van der Waals surface area contributed by atoms with Crippen LogP contribution in [-0.4, -0.2) is 49.7 Å². The van der Waals surface area contributed by atoms with Crippen LogP contribution in [0.4, 0.5) is 0 Å². The number of aliphatic imine (C=N–C) groups is 1. The molecule has 5 nitrogen and oxygen atoms in total. The van der Waals surface area contributed by atoms with Gasteiger partial charge in [0.1, 0.15) is 12.4 Å². The summed E-state index contributed by atoms with van der Waals surface area (Å²) in [7, 11) is 0. The first-order valence-electron chi connectivity index (χ1n) is 7.85. The van der Waals surface area contributed by atoms with Crippen LogP contribution in [0.3, 0.4) is 0 Å². The number of nitrogens with two attached hydrogens (primary N) is 1. The summed E-state index contributed by atoms with van der Waals surface area (Å²) in [6.45, 7) is 6.35. The van der Waals surface area contributed by atoms with Gasteiger partial charge in [-0.25, -0.2) is 0 Å². The summed E-state index contributed by atoms with van der Waals surface area (Å²) in [5.41, 5.74) is 5.89. The van der Waals surface area contributed by atoms with Gasteiger partial charge in [0, 0.05) is 11.1 Å². The Labute approximate surface area is 137 Å². The van der Waals surface area contributed by atoms with E-state index in [4.69, 9.17) is 22.1 Å². The summed E-state index contributed by atoms with van der Waals surface area (Å²) in [5, 5.41) is 3.75. The van der Waals surface area contributed by atoms with Gasteiger partial charge in [-0.1, -0.05) is 24.6 Å². The summed E-state index contributed by atoms with van der Waals surface area (Å²) < 4.78 is 5.58. The lowest BCUT2D eigenvalue weighted by atomic mass is 10.2. The van der Waals surface area contributed by atoms with Crippen LogP contribution in [0.25, 0.3) is 0 Å². The SMILES string of the molecule is CCN1CCCC1CN=C(N)NCCOc1cccc(Cl)c1. The van der Waals surface area contributed by atoms with E-state index in [-0.39, 0.29) is 0 Å². The van der Waals surface area contributed by atoms with Crippen molar-refractivity contribution < 1.29 is 4.74 Å². The van der Waals surface area contributed by atoms with Crippen molar-refractivity contribution in [2.75, 3.05) is 32.8 Å². The van der Waals surface area contributed by atoms with Gasteiger partial charge in [-0.15, -0.1) is 0 Å². The van der Waals surface area contributed by atoms with Crippen LogP contribution in [0.15, 0.2) is 29.3 Å². The molecular weight excluding hydrogens is 300 g/mol. The molecule has 0 aliphatic carbocycles. The zero-order valence-corrected chi connectivity index (χ0v) is 13.9. The number of halogens is 1. The minimum Gasteiger partial charge on any atom is -0.492 e. The van der Waals surface area contributed by atoms with E-state index < -0.39 is 0 Å². The van der Waals surface area contributed by atoms with Gasteiger partial charge < -0.3 is 15.8 Å². The Balaban J connectivity index is 1.64. The van der Waals surface area contributed by atoms with Crippen LogP contribution < -0.4 is 15.8 Å². The minimum atomic E-state index is 0.484. The number of rotatable bonds is 7. The molecular formula is C16H25ClN4O. The van der Waals surface area contributed by atoms with Crippen LogP contribution in [0.2, 0.25) is 5.02 Å². The fourth-order valence-corrected chi connectivity index (χ4v) is 2.86. The molecule has 122 valence electrons. The molecule has 0 bridgehead atoms. The summed E-state index contributed by atoms with van der Waals surface area (Å²) in [4.78, 5) is 6.89. The number of nitrogens with one attached hydrogen (secondary N) is 1. The molecule has 1 aromatic carbocycles. The molecule has 0 spiro atoms. The zero-order chi connectivity index (χ0) is 15.8. The van der Waals surface area contributed by atoms with Crippen LogP contribution in [0.5, 0.6) is 5.75 Å². The molecule has 1 unspecified atom stereocenters. The fraction of sp³-hybridized carbons (Fsp3) is 0.562. The molecule has 1 aromatic rings. The first kappa shape index (κ1) is 16.9. The highest BCUT2D eigenvalue weighted by atomic mass is 35.5. The lowest BCUT2D eigenvalue weighted by Crippen LogP contribution is -2.37. The van der Waals surface area contributed by atoms with E-state index in [0.717, 1.165) is 18.8 Å². The molecule has 1 saturated heterocycles. The van der Waals surface area contributed by atoms with Gasteiger partial charge in [0.15, 0.2) is 5.96 Å². The average molecular weight is 325 g/mol. The summed E-state index contributed by atoms with van der Waals surface area (Å²) in [6.07, 6.45) is 2.47. The van der Waals surface area contributed by atoms with Crippen molar-refractivity contribution in [1.82, 2.24) is 10.2 Å². The van der Waals surface area contributed by atoms with Crippen molar-refractivity contribution in [3.63, 3.8) is 0 Å². The van der Waals surface area contributed by atoms with E-state index in [2.05, 4.69) is 22.1 Å². The Morgan fingerprint density at radius 2 is 2.41 bits per heavy atom. The van der Waals surface area contributed by atoms with Crippen LogP contribution in [0, 0.1) is 0 Å². The highest BCUT2D eigenvalue weighted by molar-refractivity contribution is 6.30. The first-order chi connectivity index (χ1) is 10.7. The first-order valence-corrected chi connectivity index (χ1v) is 8.23. The Kier molecular flexibility index (Phi) is 6.80. The molecule has 1 aliphatic rings. The van der Waals surface area contributed by atoms with Gasteiger partial charge in [0.2, 0.25) is 0 Å². The van der Waals surface area contributed by atoms with Crippen molar-refractivity contribution in [3.8, 4) is 5.75 Å². The summed E-state index contributed by atoms with van der Waals surface area (Å²) in [6, 6.07) is 7.89. The standard InChI is InChI=1S/C16H25ClN4O/c1-2-21-9-4-6-14(21)12-20-16(18)19-8-10-22-15-7-3-5-13(17)11-15/h3,5,7,11,14H,2,4,6,8-10,12H2,1H3,(H3,18,19,20). The topological polar surface area (TPSA) is 62.9 Å². The van der Waals surface area contributed by atoms with Crippen LogP contribution >= 0.6 is 11.6 Å². The van der Waals surface area contributed by atoms with Crippen molar-refractivity contribution in [2.24, 2.45) is 10.7 Å². The van der Waals surface area contributed by atoms with Crippen LogP contribution in [0.1, 0.15) is 19.8 Å². The molecule has 1 atom stereocenters. The highest BCUT2D eigenvalue weighted by Crippen LogP contribution is 2.17. The summed E-state index contributed by atoms with van der Waals surface area (Å²) >= 11 is 5.90. The Hall–Kier alpha value is -1.46. The predicted molar refractivity (Wildman–Crippen MR) is 91.7 cm³/mol. The quantitative estimate of drug-likeness (QED) is 0.458. The van der Waals surface area contributed by atoms with Crippen LogP contribution in [-0.2, 0) is 0 Å². The van der Waals surface area contributed by atoms with E-state index in [1.165, 1.54) is 19.4 Å². The Bertz CT molecular complexity index is 495. The lowest BCUT2D eigenvalue weighted by molar-refractivity contribution is 0.273. The molecule has 0 radical (unpaired) electrons. The number of hydrogen-bond acceptors (Lipinski definition) is 3. The second kappa shape index (κ2) is 8.86. The number of ether oxygens (including phenoxy) is 1. The minimum absolute atomic E-state index is 0.484. The molecule has 0 aromatic heterocycles. The van der Waals surface area contributed by atoms with Crippen molar-refractivity contribution in [3.05, 3.63) is 29.3 Å². The molecule has 0 amide bonds. The number of likely N-dealkylation sites (N-methyl/N-ethyl adjacent to an activating group) is 1. The van der Waals surface area contributed by atoms with E-state index in [1.54, 1.807) is 6.07 Å². The summed E-state index contributed by atoms with van der Waals surface area (Å²) in [5.74, 6) is 1.24. The number of guanidine groups is 1. The highest BCUT2D eigenvalue weighted by Gasteiger charge is 2.22. The number of hydrogen-bond donors (Lipinski definition) is 2. The predicted octanol–water partition coefficient (Wildman–Crippen LogP) is 2.11. The molecule has 1 aliphatic heterocycles. The fourth-order valence-electron chi connectivity index (χ4n) is 2.68. The van der Waals surface area contributed by atoms with E-state index in [1.807, 2.05) is 18.2 Å². The molecule has 1 fully saturated rings. The van der Waals surface area contributed by atoms with Gasteiger partial charge in [-0.2, -0.15) is 0 Å². The zero-order valence-electron chi connectivity index (χ0n) is 13.1. The molecule has 6 heteroatoms. The van der Waals surface area contributed by atoms with E-state index in [9.17, 15) is 0 Å². The van der Waals surface area contributed by atoms with Crippen molar-refractivity contribution in [1.29, 1.82) is 0 Å². The van der Waals surface area contributed by atoms with Gasteiger partial charge in [-0.3, -0.25) is 9.89 Å². The number of benzene rings is 1. The largest absolute Gasteiger partial charge is 0.492 e. The maximum absolute atomic E-state index is 5.90. The smallest absolute Gasteiger partial charge is 0.188 e. The molecule has 2 rings (SSSR count). The maximum Gasteiger partial charge on any atom is 0.188 e. The van der Waals surface area contributed by atoms with Crippen molar-refractivity contribution >= 4 is 17.6 Å². The van der Waals surface area contributed by atoms with E-state index >= 15 is 0 Å². The third-order valence-corrected chi connectivity index (χ3v) is 4.09. The third kappa shape index (κ3) is 5.39. The normalized spacial score (nSPS) is 19.4. The van der Waals surface area contributed by atoms with Gasteiger partial charge in [-0.05, 0) is 44.1 Å². The molecule has 1 heterocycles. The molecule has 0 saturated carbocycles. The van der Waals surface area contributed by atoms with Gasteiger partial charge in [0.05, 0.1) is 13.1 Å². The number of likely N-dealkylation sites (tertiary alicyclic amines) is 1. The monoisotopic (exact) mass is 324 g/mol. The van der Waals surface area contributed by atoms with Gasteiger partial charge >= 0.3 is 0 Å². The number of nitrogens with zero attached hydrogens (tertiary/aromatic N) is 2. The average Bonchev–Trinajstić information content (AvgIpc) is 2.97. The maximum atomic E-state index is 5.90. The van der Waals surface area contributed by atoms with Crippen molar-refractivity contribution in [2.45, 2.75) is 25.8 Å². The Morgan fingerprint density at radius 1 is 1.55 bits per heavy atom. The molecule has 3 N–H and O–H groups in total. The van der Waals surface area contributed by atoms with E-state index in [0.29, 0.717) is 30.2 Å². The second-order valence-electron chi connectivity index (χ2n) is 5.38. The second-order valence-corrected chi connectivity index (χ2v) is 5.82. The van der Waals surface area contributed by atoms with Gasteiger partial charge in [0.25, 0.3) is 0 Å². The third-order valence-electron chi connectivity index (χ3n) is 3.85. The Morgan fingerprint density at radius 3 is 3.18 bits per heavy atom.